The Morgan fingerprint density at radius 2 is 1.33 bits per heavy atom. The Labute approximate surface area is 122 Å². The van der Waals surface area contributed by atoms with Gasteiger partial charge in [0.05, 0.1) is 11.0 Å². The highest BCUT2D eigenvalue weighted by atomic mass is 19.1. The third-order valence-electron chi connectivity index (χ3n) is 3.99. The van der Waals surface area contributed by atoms with Crippen LogP contribution in [-0.2, 0) is 0 Å². The molecule has 0 amide bonds. The van der Waals surface area contributed by atoms with E-state index in [0.717, 1.165) is 16.7 Å². The molecule has 4 rings (SSSR count). The highest BCUT2D eigenvalue weighted by Gasteiger charge is 2.11. The zero-order valence-corrected chi connectivity index (χ0v) is 11.7. The normalized spacial score (nSPS) is 11.3. The molecule has 0 N–H and O–H groups in total. The quantitative estimate of drug-likeness (QED) is 0.448. The van der Waals surface area contributed by atoms with Crippen LogP contribution in [0.2, 0.25) is 0 Å². The lowest BCUT2D eigenvalue weighted by Gasteiger charge is -2.08. The molecule has 0 aliphatic rings. The zero-order valence-electron chi connectivity index (χ0n) is 11.7. The minimum Gasteiger partial charge on any atom is -0.309 e. The van der Waals surface area contributed by atoms with Crippen LogP contribution in [0.4, 0.5) is 4.39 Å². The molecule has 4 aromatic rings. The highest BCUT2D eigenvalue weighted by molar-refractivity contribution is 6.09. The van der Waals surface area contributed by atoms with Crippen LogP contribution >= 0.6 is 0 Å². The second-order valence-electron chi connectivity index (χ2n) is 5.30. The van der Waals surface area contributed by atoms with Crippen LogP contribution in [0.25, 0.3) is 27.5 Å². The molecule has 0 aliphatic heterocycles. The predicted octanol–water partition coefficient (Wildman–Crippen LogP) is 5.23. The number of hydrogen-bond acceptors (Lipinski definition) is 0. The number of fused-ring (bicyclic) bond motifs is 3. The fourth-order valence-electron chi connectivity index (χ4n) is 2.92. The van der Waals surface area contributed by atoms with Crippen molar-refractivity contribution in [1.82, 2.24) is 4.57 Å². The highest BCUT2D eigenvalue weighted by Crippen LogP contribution is 2.31. The van der Waals surface area contributed by atoms with Crippen molar-refractivity contribution in [2.45, 2.75) is 6.92 Å². The van der Waals surface area contributed by atoms with E-state index >= 15 is 0 Å². The van der Waals surface area contributed by atoms with Gasteiger partial charge in [-0.3, -0.25) is 0 Å². The van der Waals surface area contributed by atoms with Crippen LogP contribution < -0.4 is 0 Å². The Balaban J connectivity index is 2.17. The van der Waals surface area contributed by atoms with Gasteiger partial charge in [-0.15, -0.1) is 0 Å². The van der Waals surface area contributed by atoms with Crippen LogP contribution in [-0.4, -0.2) is 4.57 Å². The lowest BCUT2D eigenvalue weighted by molar-refractivity contribution is 0.617. The molecule has 1 nitrogen and oxygen atoms in total. The van der Waals surface area contributed by atoms with Crippen molar-refractivity contribution in [3.8, 4) is 5.69 Å². The summed E-state index contributed by atoms with van der Waals surface area (Å²) >= 11 is 0. The summed E-state index contributed by atoms with van der Waals surface area (Å²) in [6.07, 6.45) is 0. The van der Waals surface area contributed by atoms with Crippen molar-refractivity contribution < 1.29 is 4.39 Å². The van der Waals surface area contributed by atoms with Gasteiger partial charge in [0, 0.05) is 16.5 Å². The Kier molecular flexibility index (Phi) is 2.58. The average molecular weight is 275 g/mol. The standard InChI is InChI=1S/C19H14FN/c1-13-10-11-14(12-17(13)20)21-18-8-4-2-6-15(18)16-7-3-5-9-19(16)21/h2-12H,1H3. The van der Waals surface area contributed by atoms with Gasteiger partial charge in [0.15, 0.2) is 0 Å². The number of rotatable bonds is 1. The van der Waals surface area contributed by atoms with Crippen molar-refractivity contribution >= 4 is 21.8 Å². The lowest BCUT2D eigenvalue weighted by atomic mass is 10.2. The summed E-state index contributed by atoms with van der Waals surface area (Å²) in [4.78, 5) is 0. The van der Waals surface area contributed by atoms with Crippen LogP contribution in [0.1, 0.15) is 5.56 Å². The van der Waals surface area contributed by atoms with E-state index in [4.69, 9.17) is 0 Å². The van der Waals surface area contributed by atoms with E-state index in [-0.39, 0.29) is 5.82 Å². The van der Waals surface area contributed by atoms with Gasteiger partial charge in [0.2, 0.25) is 0 Å². The molecule has 0 radical (unpaired) electrons. The van der Waals surface area contributed by atoms with E-state index < -0.39 is 0 Å². The van der Waals surface area contributed by atoms with Crippen molar-refractivity contribution in [2.75, 3.05) is 0 Å². The van der Waals surface area contributed by atoms with Gasteiger partial charge in [-0.1, -0.05) is 42.5 Å². The molecule has 0 saturated heterocycles. The van der Waals surface area contributed by atoms with E-state index in [9.17, 15) is 4.39 Å². The monoisotopic (exact) mass is 275 g/mol. The van der Waals surface area contributed by atoms with Crippen LogP contribution in [0.3, 0.4) is 0 Å². The number of hydrogen-bond donors (Lipinski definition) is 0. The van der Waals surface area contributed by atoms with Crippen molar-refractivity contribution in [2.24, 2.45) is 0 Å². The number of para-hydroxylation sites is 2. The molecule has 1 aromatic heterocycles. The van der Waals surface area contributed by atoms with Gasteiger partial charge in [0.25, 0.3) is 0 Å². The molecule has 0 atom stereocenters. The maximum Gasteiger partial charge on any atom is 0.128 e. The molecular weight excluding hydrogens is 261 g/mol. The van der Waals surface area contributed by atoms with E-state index in [1.165, 1.54) is 10.8 Å². The molecule has 1 heterocycles. The first-order valence-corrected chi connectivity index (χ1v) is 7.00. The summed E-state index contributed by atoms with van der Waals surface area (Å²) in [6.45, 7) is 1.78. The number of benzene rings is 3. The molecular formula is C19H14FN. The Hall–Kier alpha value is -2.61. The largest absolute Gasteiger partial charge is 0.309 e. The molecule has 2 heteroatoms. The predicted molar refractivity (Wildman–Crippen MR) is 85.5 cm³/mol. The van der Waals surface area contributed by atoms with E-state index in [2.05, 4.69) is 28.8 Å². The van der Waals surface area contributed by atoms with Crippen molar-refractivity contribution in [3.05, 3.63) is 78.1 Å². The van der Waals surface area contributed by atoms with Gasteiger partial charge in [-0.2, -0.15) is 0 Å². The first-order valence-electron chi connectivity index (χ1n) is 7.00. The van der Waals surface area contributed by atoms with Gasteiger partial charge in [0.1, 0.15) is 5.82 Å². The topological polar surface area (TPSA) is 4.93 Å². The van der Waals surface area contributed by atoms with Crippen LogP contribution in [0.15, 0.2) is 66.7 Å². The van der Waals surface area contributed by atoms with E-state index in [1.807, 2.05) is 36.4 Å². The first kappa shape index (κ1) is 12.2. The third-order valence-corrected chi connectivity index (χ3v) is 3.99. The summed E-state index contributed by atoms with van der Waals surface area (Å²) in [7, 11) is 0. The van der Waals surface area contributed by atoms with E-state index in [0.29, 0.717) is 5.56 Å². The number of aryl methyl sites for hydroxylation is 1. The lowest BCUT2D eigenvalue weighted by Crippen LogP contribution is -1.95. The fraction of sp³-hybridized carbons (Fsp3) is 0.0526. The summed E-state index contributed by atoms with van der Waals surface area (Å²) in [5.74, 6) is -0.172. The summed E-state index contributed by atoms with van der Waals surface area (Å²) < 4.78 is 16.1. The molecule has 102 valence electrons. The summed E-state index contributed by atoms with van der Waals surface area (Å²) in [6, 6.07) is 21.9. The maximum absolute atomic E-state index is 14.0. The Morgan fingerprint density at radius 3 is 1.90 bits per heavy atom. The Bertz CT molecular complexity index is 913. The molecule has 0 spiro atoms. The van der Waals surface area contributed by atoms with E-state index in [1.54, 1.807) is 13.0 Å². The SMILES string of the molecule is Cc1ccc(-n2c3ccccc3c3ccccc32)cc1F. The Morgan fingerprint density at radius 1 is 0.762 bits per heavy atom. The number of aromatic nitrogens is 1. The van der Waals surface area contributed by atoms with Crippen LogP contribution in [0, 0.1) is 12.7 Å². The molecule has 3 aromatic carbocycles. The first-order chi connectivity index (χ1) is 10.3. The molecule has 0 aliphatic carbocycles. The van der Waals surface area contributed by atoms with Gasteiger partial charge >= 0.3 is 0 Å². The number of nitrogens with zero attached hydrogens (tertiary/aromatic N) is 1. The second kappa shape index (κ2) is 4.45. The van der Waals surface area contributed by atoms with Gasteiger partial charge in [-0.05, 0) is 36.8 Å². The van der Waals surface area contributed by atoms with Crippen molar-refractivity contribution in [1.29, 1.82) is 0 Å². The summed E-state index contributed by atoms with van der Waals surface area (Å²) in [5, 5.41) is 2.38. The average Bonchev–Trinajstić information content (AvgIpc) is 2.85. The molecule has 0 unspecified atom stereocenters. The molecule has 0 fully saturated rings. The molecule has 0 saturated carbocycles. The molecule has 21 heavy (non-hydrogen) atoms. The fourth-order valence-corrected chi connectivity index (χ4v) is 2.92. The smallest absolute Gasteiger partial charge is 0.128 e. The van der Waals surface area contributed by atoms with Gasteiger partial charge in [-0.25, -0.2) is 4.39 Å². The minimum absolute atomic E-state index is 0.172. The second-order valence-corrected chi connectivity index (χ2v) is 5.30. The third kappa shape index (κ3) is 1.76. The minimum atomic E-state index is -0.172. The van der Waals surface area contributed by atoms with Gasteiger partial charge < -0.3 is 4.57 Å². The van der Waals surface area contributed by atoms with Crippen molar-refractivity contribution in [3.63, 3.8) is 0 Å². The molecule has 0 bridgehead atoms. The van der Waals surface area contributed by atoms with Crippen LogP contribution in [0.5, 0.6) is 0 Å². The maximum atomic E-state index is 14.0. The number of halogens is 1. The zero-order chi connectivity index (χ0) is 14.4. The summed E-state index contributed by atoms with van der Waals surface area (Å²) in [5.41, 5.74) is 3.72.